The van der Waals surface area contributed by atoms with E-state index in [-0.39, 0.29) is 0 Å². The third kappa shape index (κ3) is 9.17. The molecule has 0 atom stereocenters. The molecule has 15 heavy (non-hydrogen) atoms. The van der Waals surface area contributed by atoms with Gasteiger partial charge < -0.3 is 4.74 Å². The van der Waals surface area contributed by atoms with Crippen LogP contribution in [0.2, 0.25) is 0 Å². The molecule has 1 aromatic heterocycles. The van der Waals surface area contributed by atoms with Crippen LogP contribution < -0.4 is 4.74 Å². The van der Waals surface area contributed by atoms with Gasteiger partial charge in [0.15, 0.2) is 0 Å². The number of hydrogen-bond acceptors (Lipinski definition) is 4. The Morgan fingerprint density at radius 2 is 2.07 bits per heavy atom. The predicted molar refractivity (Wildman–Crippen MR) is 57.6 cm³/mol. The second kappa shape index (κ2) is 6.36. The normalized spacial score (nSPS) is 10.1. The lowest BCUT2D eigenvalue weighted by Crippen LogP contribution is -1.93. The van der Waals surface area contributed by atoms with E-state index in [0.717, 1.165) is 11.3 Å². The van der Waals surface area contributed by atoms with Crippen molar-refractivity contribution >= 4 is 10.1 Å². The Morgan fingerprint density at radius 3 is 2.47 bits per heavy atom. The van der Waals surface area contributed by atoms with E-state index in [1.54, 1.807) is 12.4 Å². The number of aromatic nitrogens is 1. The van der Waals surface area contributed by atoms with Crippen molar-refractivity contribution in [3.05, 3.63) is 24.0 Å². The Balaban J connectivity index is 0.000000336. The number of pyridine rings is 1. The molecule has 1 rings (SSSR count). The first-order valence-electron chi connectivity index (χ1n) is 4.30. The minimum Gasteiger partial charge on any atom is -0.492 e. The summed E-state index contributed by atoms with van der Waals surface area (Å²) in [6.45, 7) is 4.67. The van der Waals surface area contributed by atoms with E-state index in [0.29, 0.717) is 12.9 Å². The molecular formula is C9H15NO4S. The molecule has 0 fully saturated rings. The lowest BCUT2D eigenvalue weighted by atomic mass is 10.3. The zero-order valence-corrected chi connectivity index (χ0v) is 9.78. The molecule has 0 aromatic carbocycles. The van der Waals surface area contributed by atoms with E-state index in [9.17, 15) is 8.42 Å². The molecule has 86 valence electrons. The van der Waals surface area contributed by atoms with Gasteiger partial charge >= 0.3 is 0 Å². The van der Waals surface area contributed by atoms with Gasteiger partial charge in [-0.1, -0.05) is 0 Å². The predicted octanol–water partition coefficient (Wildman–Crippen LogP) is 1.29. The van der Waals surface area contributed by atoms with Crippen molar-refractivity contribution in [2.24, 2.45) is 0 Å². The molecule has 5 nitrogen and oxygen atoms in total. The highest BCUT2D eigenvalue weighted by atomic mass is 32.2. The van der Waals surface area contributed by atoms with Crippen LogP contribution in [0.1, 0.15) is 12.5 Å². The van der Waals surface area contributed by atoms with E-state index in [4.69, 9.17) is 9.29 Å². The highest BCUT2D eigenvalue weighted by Gasteiger charge is 1.94. The molecule has 0 unspecified atom stereocenters. The summed E-state index contributed by atoms with van der Waals surface area (Å²) >= 11 is 0. The summed E-state index contributed by atoms with van der Waals surface area (Å²) in [4.78, 5) is 3.94. The van der Waals surface area contributed by atoms with Crippen LogP contribution in [0, 0.1) is 6.92 Å². The maximum absolute atomic E-state index is 9.19. The van der Waals surface area contributed by atoms with E-state index < -0.39 is 10.1 Å². The van der Waals surface area contributed by atoms with Crippen molar-refractivity contribution in [3.8, 4) is 5.75 Å². The summed E-state index contributed by atoms with van der Waals surface area (Å²) in [6, 6.07) is 1.94. The maximum atomic E-state index is 9.19. The Bertz CT molecular complexity index is 381. The zero-order valence-electron chi connectivity index (χ0n) is 8.97. The second-order valence-electron chi connectivity index (χ2n) is 2.81. The van der Waals surface area contributed by atoms with Gasteiger partial charge in [0, 0.05) is 6.20 Å². The number of hydrogen-bond donors (Lipinski definition) is 1. The van der Waals surface area contributed by atoms with Crippen molar-refractivity contribution in [3.63, 3.8) is 0 Å². The molecule has 1 heterocycles. The number of aryl methyl sites for hydroxylation is 1. The Labute approximate surface area is 89.9 Å². The van der Waals surface area contributed by atoms with E-state index in [2.05, 4.69) is 4.98 Å². The molecule has 1 N–H and O–H groups in total. The lowest BCUT2D eigenvalue weighted by molar-refractivity contribution is 0.336. The average Bonchev–Trinajstić information content (AvgIpc) is 2.06. The second-order valence-corrected chi connectivity index (χ2v) is 4.27. The summed E-state index contributed by atoms with van der Waals surface area (Å²) in [6.07, 6.45) is 4.21. The van der Waals surface area contributed by atoms with Crippen molar-refractivity contribution in [1.82, 2.24) is 4.98 Å². The van der Waals surface area contributed by atoms with Gasteiger partial charge in [-0.15, -0.1) is 0 Å². The van der Waals surface area contributed by atoms with Crippen LogP contribution in [-0.2, 0) is 10.1 Å². The Kier molecular flexibility index (Phi) is 5.88. The summed E-state index contributed by atoms with van der Waals surface area (Å²) in [5, 5.41) is 0. The summed E-state index contributed by atoms with van der Waals surface area (Å²) < 4.78 is 31.1. The molecular weight excluding hydrogens is 218 g/mol. The third-order valence-electron chi connectivity index (χ3n) is 1.29. The van der Waals surface area contributed by atoms with E-state index in [1.165, 1.54) is 0 Å². The van der Waals surface area contributed by atoms with Gasteiger partial charge in [-0.25, -0.2) is 0 Å². The van der Waals surface area contributed by atoms with Gasteiger partial charge in [-0.05, 0) is 25.5 Å². The third-order valence-corrected chi connectivity index (χ3v) is 1.29. The quantitative estimate of drug-likeness (QED) is 0.779. The van der Waals surface area contributed by atoms with Crippen molar-refractivity contribution in [2.75, 3.05) is 12.9 Å². The molecule has 0 bridgehead atoms. The molecule has 0 aliphatic rings. The Morgan fingerprint density at radius 1 is 1.53 bits per heavy atom. The fraction of sp³-hybridized carbons (Fsp3) is 0.444. The fourth-order valence-electron chi connectivity index (χ4n) is 0.756. The number of rotatable bonds is 2. The minimum atomic E-state index is -3.67. The minimum absolute atomic E-state index is 0.701. The first kappa shape index (κ1) is 13.9. The highest BCUT2D eigenvalue weighted by molar-refractivity contribution is 7.85. The van der Waals surface area contributed by atoms with Crippen LogP contribution in [0.25, 0.3) is 0 Å². The Hall–Kier alpha value is -1.14. The van der Waals surface area contributed by atoms with Gasteiger partial charge in [0.1, 0.15) is 5.75 Å². The number of nitrogens with zero attached hydrogens (tertiary/aromatic N) is 1. The molecule has 1 aromatic rings. The summed E-state index contributed by atoms with van der Waals surface area (Å²) in [5.41, 5.74) is 1.14. The van der Waals surface area contributed by atoms with Gasteiger partial charge in [0.2, 0.25) is 0 Å². The van der Waals surface area contributed by atoms with Crippen LogP contribution in [0.15, 0.2) is 18.5 Å². The van der Waals surface area contributed by atoms with Gasteiger partial charge in [-0.3, -0.25) is 9.54 Å². The number of ether oxygens (including phenoxy) is 1. The van der Waals surface area contributed by atoms with E-state index in [1.807, 2.05) is 19.9 Å². The van der Waals surface area contributed by atoms with Crippen LogP contribution >= 0.6 is 0 Å². The standard InChI is InChI=1S/C8H11NO.CH4O3S/c1-3-10-8-6-9-5-4-7(8)2;1-5(2,3)4/h4-6H,3H2,1-2H3;1H3,(H,2,3,4). The van der Waals surface area contributed by atoms with Crippen LogP contribution in [-0.4, -0.2) is 30.8 Å². The highest BCUT2D eigenvalue weighted by Crippen LogP contribution is 2.13. The summed E-state index contributed by atoms with van der Waals surface area (Å²) in [5.74, 6) is 0.880. The van der Waals surface area contributed by atoms with Crippen LogP contribution in [0.3, 0.4) is 0 Å². The zero-order chi connectivity index (χ0) is 11.9. The average molecular weight is 233 g/mol. The molecule has 0 aliphatic heterocycles. The molecule has 0 radical (unpaired) electrons. The van der Waals surface area contributed by atoms with Crippen LogP contribution in [0.5, 0.6) is 5.75 Å². The largest absolute Gasteiger partial charge is 0.492 e. The first-order chi connectivity index (χ1) is 6.84. The summed E-state index contributed by atoms with van der Waals surface area (Å²) in [7, 11) is -3.67. The fourth-order valence-corrected chi connectivity index (χ4v) is 0.756. The van der Waals surface area contributed by atoms with Gasteiger partial charge in [-0.2, -0.15) is 8.42 Å². The maximum Gasteiger partial charge on any atom is 0.261 e. The monoisotopic (exact) mass is 233 g/mol. The first-order valence-corrected chi connectivity index (χ1v) is 6.15. The molecule has 6 heteroatoms. The molecule has 0 amide bonds. The van der Waals surface area contributed by atoms with Gasteiger partial charge in [0.25, 0.3) is 10.1 Å². The van der Waals surface area contributed by atoms with Crippen molar-refractivity contribution < 1.29 is 17.7 Å². The lowest BCUT2D eigenvalue weighted by Gasteiger charge is -2.03. The molecule has 0 aliphatic carbocycles. The van der Waals surface area contributed by atoms with Gasteiger partial charge in [0.05, 0.1) is 19.1 Å². The smallest absolute Gasteiger partial charge is 0.261 e. The molecule has 0 saturated heterocycles. The topological polar surface area (TPSA) is 76.5 Å². The van der Waals surface area contributed by atoms with Crippen LogP contribution in [0.4, 0.5) is 0 Å². The SMILES string of the molecule is CCOc1cnccc1C.CS(=O)(=O)O. The van der Waals surface area contributed by atoms with Crippen molar-refractivity contribution in [1.29, 1.82) is 0 Å². The van der Waals surface area contributed by atoms with E-state index >= 15 is 0 Å². The molecule has 0 saturated carbocycles. The molecule has 0 spiro atoms. The van der Waals surface area contributed by atoms with Crippen molar-refractivity contribution in [2.45, 2.75) is 13.8 Å².